The molecule has 0 spiro atoms. The minimum absolute atomic E-state index is 0.607. The van der Waals surface area contributed by atoms with E-state index in [9.17, 15) is 4.79 Å². The first-order valence-electron chi connectivity index (χ1n) is 5.37. The summed E-state index contributed by atoms with van der Waals surface area (Å²) in [5.41, 5.74) is 0.685. The van der Waals surface area contributed by atoms with Crippen molar-refractivity contribution in [3.63, 3.8) is 0 Å². The fraction of sp³-hybridized carbons (Fsp3) is 0.462. The van der Waals surface area contributed by atoms with Crippen molar-refractivity contribution in [3.8, 4) is 0 Å². The number of aliphatic carboxylic acids is 1. The van der Waals surface area contributed by atoms with Gasteiger partial charge in [-0.2, -0.15) is 11.8 Å². The summed E-state index contributed by atoms with van der Waals surface area (Å²) in [6, 6.07) is 10.2. The average Bonchev–Trinajstić information content (AvgIpc) is 2.26. The maximum atomic E-state index is 10.9. The topological polar surface area (TPSA) is 37.3 Å². The third kappa shape index (κ3) is 4.27. The fourth-order valence-corrected chi connectivity index (χ4v) is 2.43. The van der Waals surface area contributed by atoms with E-state index in [1.54, 1.807) is 25.6 Å². The second kappa shape index (κ2) is 5.94. The summed E-state index contributed by atoms with van der Waals surface area (Å²) in [6.07, 6.45) is 0.708. The van der Waals surface area contributed by atoms with Gasteiger partial charge in [-0.3, -0.25) is 4.79 Å². The van der Waals surface area contributed by atoms with Crippen LogP contribution in [-0.4, -0.2) is 16.8 Å². The molecule has 2 nitrogen and oxygen atoms in total. The first-order chi connectivity index (χ1) is 7.52. The second-order valence-corrected chi connectivity index (χ2v) is 5.58. The summed E-state index contributed by atoms with van der Waals surface area (Å²) in [5, 5.41) is 8.95. The quantitative estimate of drug-likeness (QED) is 0.772. The van der Waals surface area contributed by atoms with Crippen LogP contribution in [0.15, 0.2) is 30.3 Å². The predicted octanol–water partition coefficient (Wildman–Crippen LogP) is 3.42. The zero-order valence-electron chi connectivity index (χ0n) is 9.77. The average molecular weight is 238 g/mol. The summed E-state index contributed by atoms with van der Waals surface area (Å²) >= 11 is 1.79. The Morgan fingerprint density at radius 3 is 2.50 bits per heavy atom. The van der Waals surface area contributed by atoms with E-state index in [0.717, 1.165) is 11.5 Å². The molecule has 0 radical (unpaired) electrons. The number of carboxylic acid groups (broad SMARTS) is 1. The lowest BCUT2D eigenvalue weighted by atomic mass is 9.91. The summed E-state index contributed by atoms with van der Waals surface area (Å²) in [7, 11) is 0. The zero-order valence-corrected chi connectivity index (χ0v) is 10.6. The third-order valence-corrected chi connectivity index (χ3v) is 3.59. The van der Waals surface area contributed by atoms with Crippen molar-refractivity contribution in [2.45, 2.75) is 26.0 Å². The summed E-state index contributed by atoms with van der Waals surface area (Å²) in [5.74, 6) is 1.12. The standard InChI is InChI=1S/C13H18O2S/c1-13(2,12(14)15)8-9-16-10-11-6-4-3-5-7-11/h3-7H,8-10H2,1-2H3,(H,14,15). The number of rotatable bonds is 6. The van der Waals surface area contributed by atoms with Crippen molar-refractivity contribution >= 4 is 17.7 Å². The Bertz CT molecular complexity index is 333. The normalized spacial score (nSPS) is 11.4. The number of thioether (sulfide) groups is 1. The van der Waals surface area contributed by atoms with Crippen molar-refractivity contribution in [3.05, 3.63) is 35.9 Å². The highest BCUT2D eigenvalue weighted by Gasteiger charge is 2.26. The van der Waals surface area contributed by atoms with Gasteiger partial charge < -0.3 is 5.11 Å². The van der Waals surface area contributed by atoms with Crippen LogP contribution >= 0.6 is 11.8 Å². The van der Waals surface area contributed by atoms with E-state index in [0.29, 0.717) is 6.42 Å². The maximum Gasteiger partial charge on any atom is 0.309 e. The molecule has 0 aliphatic rings. The molecule has 0 aromatic heterocycles. The van der Waals surface area contributed by atoms with E-state index in [1.165, 1.54) is 5.56 Å². The van der Waals surface area contributed by atoms with Gasteiger partial charge in [-0.05, 0) is 31.6 Å². The summed E-state index contributed by atoms with van der Waals surface area (Å²) < 4.78 is 0. The van der Waals surface area contributed by atoms with Crippen molar-refractivity contribution in [2.75, 3.05) is 5.75 Å². The molecule has 0 heterocycles. The molecule has 0 fully saturated rings. The monoisotopic (exact) mass is 238 g/mol. The van der Waals surface area contributed by atoms with Gasteiger partial charge in [0, 0.05) is 5.75 Å². The molecule has 1 aromatic rings. The van der Waals surface area contributed by atoms with Crippen molar-refractivity contribution in [1.82, 2.24) is 0 Å². The minimum atomic E-state index is -0.715. The number of carbonyl (C=O) groups is 1. The van der Waals surface area contributed by atoms with Crippen LogP contribution in [0.5, 0.6) is 0 Å². The van der Waals surface area contributed by atoms with Crippen molar-refractivity contribution in [2.24, 2.45) is 5.41 Å². The molecule has 0 unspecified atom stereocenters. The Hall–Kier alpha value is -0.960. The van der Waals surface area contributed by atoms with Gasteiger partial charge in [0.25, 0.3) is 0 Å². The molecule has 0 saturated heterocycles. The molecule has 0 aliphatic carbocycles. The molecular weight excluding hydrogens is 220 g/mol. The van der Waals surface area contributed by atoms with Gasteiger partial charge in [-0.1, -0.05) is 30.3 Å². The van der Waals surface area contributed by atoms with E-state index in [1.807, 2.05) is 18.2 Å². The van der Waals surface area contributed by atoms with Crippen LogP contribution in [0.25, 0.3) is 0 Å². The molecule has 3 heteroatoms. The van der Waals surface area contributed by atoms with Crippen LogP contribution in [-0.2, 0) is 10.5 Å². The van der Waals surface area contributed by atoms with Gasteiger partial charge in [0.2, 0.25) is 0 Å². The first-order valence-corrected chi connectivity index (χ1v) is 6.53. The Balaban J connectivity index is 2.25. The van der Waals surface area contributed by atoms with Gasteiger partial charge in [0.15, 0.2) is 0 Å². The van der Waals surface area contributed by atoms with Crippen LogP contribution < -0.4 is 0 Å². The van der Waals surface area contributed by atoms with Crippen LogP contribution in [0.4, 0.5) is 0 Å². The Labute approximate surface area is 101 Å². The Kier molecular flexibility index (Phi) is 4.87. The lowest BCUT2D eigenvalue weighted by Crippen LogP contribution is -2.24. The second-order valence-electron chi connectivity index (χ2n) is 4.48. The molecule has 0 atom stereocenters. The van der Waals surface area contributed by atoms with Crippen molar-refractivity contribution in [1.29, 1.82) is 0 Å². The Morgan fingerprint density at radius 1 is 1.31 bits per heavy atom. The van der Waals surface area contributed by atoms with Gasteiger partial charge in [0.1, 0.15) is 0 Å². The van der Waals surface area contributed by atoms with E-state index >= 15 is 0 Å². The van der Waals surface area contributed by atoms with Gasteiger partial charge in [0.05, 0.1) is 5.41 Å². The molecular formula is C13H18O2S. The number of hydrogen-bond donors (Lipinski definition) is 1. The number of benzene rings is 1. The van der Waals surface area contributed by atoms with Crippen molar-refractivity contribution < 1.29 is 9.90 Å². The van der Waals surface area contributed by atoms with Gasteiger partial charge >= 0.3 is 5.97 Å². The molecule has 0 saturated carbocycles. The number of carboxylic acids is 1. The molecule has 1 aromatic carbocycles. The third-order valence-electron chi connectivity index (χ3n) is 2.56. The highest BCUT2D eigenvalue weighted by atomic mass is 32.2. The molecule has 0 aliphatic heterocycles. The van der Waals surface area contributed by atoms with E-state index < -0.39 is 11.4 Å². The summed E-state index contributed by atoms with van der Waals surface area (Å²) in [4.78, 5) is 10.9. The maximum absolute atomic E-state index is 10.9. The first kappa shape index (κ1) is 13.1. The predicted molar refractivity (Wildman–Crippen MR) is 68.6 cm³/mol. The highest BCUT2D eigenvalue weighted by Crippen LogP contribution is 2.24. The van der Waals surface area contributed by atoms with Crippen LogP contribution in [0.1, 0.15) is 25.8 Å². The van der Waals surface area contributed by atoms with Crippen LogP contribution in [0.2, 0.25) is 0 Å². The molecule has 88 valence electrons. The molecule has 16 heavy (non-hydrogen) atoms. The summed E-state index contributed by atoms with van der Waals surface area (Å²) in [6.45, 7) is 3.55. The minimum Gasteiger partial charge on any atom is -0.481 e. The zero-order chi connectivity index (χ0) is 12.0. The van der Waals surface area contributed by atoms with Crippen LogP contribution in [0, 0.1) is 5.41 Å². The lowest BCUT2D eigenvalue weighted by Gasteiger charge is -2.18. The van der Waals surface area contributed by atoms with E-state index in [-0.39, 0.29) is 0 Å². The molecule has 1 N–H and O–H groups in total. The van der Waals surface area contributed by atoms with Crippen LogP contribution in [0.3, 0.4) is 0 Å². The molecule has 0 amide bonds. The largest absolute Gasteiger partial charge is 0.481 e. The van der Waals surface area contributed by atoms with Gasteiger partial charge in [-0.15, -0.1) is 0 Å². The van der Waals surface area contributed by atoms with E-state index in [2.05, 4.69) is 12.1 Å². The number of hydrogen-bond acceptors (Lipinski definition) is 2. The lowest BCUT2D eigenvalue weighted by molar-refractivity contribution is -0.146. The highest BCUT2D eigenvalue weighted by molar-refractivity contribution is 7.98. The Morgan fingerprint density at radius 2 is 1.94 bits per heavy atom. The van der Waals surface area contributed by atoms with Gasteiger partial charge in [-0.25, -0.2) is 0 Å². The fourth-order valence-electron chi connectivity index (χ4n) is 1.20. The molecule has 0 bridgehead atoms. The SMILES string of the molecule is CC(C)(CCSCc1ccccc1)C(=O)O. The van der Waals surface area contributed by atoms with E-state index in [4.69, 9.17) is 5.11 Å². The smallest absolute Gasteiger partial charge is 0.309 e. The molecule has 1 rings (SSSR count).